The van der Waals surface area contributed by atoms with E-state index in [4.69, 9.17) is 33.2 Å². The van der Waals surface area contributed by atoms with Crippen LogP contribution in [0, 0.1) is 0 Å². The number of rotatable bonds is 22. The molecule has 5 aromatic rings. The standard InChI is InChI=1S/C45H53N5O12S/c1-8-60-42(52)25-31(51)28-59-18-17-58-19-20-61-34-24-30(23-33(26-34)56-5)47-41-27-32(15-16-46-41)62-40-14-13-37(35-11-9-10-12-36(35)40)48-44(53)49-38-21-29(45(2,3)4)22-39(43(38)57-6)50-63(7,54)55/h9-16,21-24,26-27,50H,8,17-20,25,28H2,1-7H3,(H,46,47)(H2,48,49,53). The number of carbonyl (C=O) groups excluding carboxylic acids is 3. The van der Waals surface area contributed by atoms with E-state index in [2.05, 4.69) is 25.7 Å². The molecule has 0 fully saturated rings. The van der Waals surface area contributed by atoms with Crippen molar-refractivity contribution in [3.63, 3.8) is 0 Å². The number of hydrogen-bond acceptors (Lipinski definition) is 14. The van der Waals surface area contributed by atoms with Gasteiger partial charge >= 0.3 is 12.0 Å². The second kappa shape index (κ2) is 21.9. The van der Waals surface area contributed by atoms with Crippen molar-refractivity contribution in [1.82, 2.24) is 4.98 Å². The first-order chi connectivity index (χ1) is 30.0. The summed E-state index contributed by atoms with van der Waals surface area (Å²) in [4.78, 5) is 41.1. The van der Waals surface area contributed by atoms with Crippen LogP contribution in [0.1, 0.15) is 39.7 Å². The lowest BCUT2D eigenvalue weighted by molar-refractivity contribution is -0.146. The van der Waals surface area contributed by atoms with E-state index in [1.807, 2.05) is 45.0 Å². The summed E-state index contributed by atoms with van der Waals surface area (Å²) < 4.78 is 65.7. The fraction of sp³-hybridized carbons (Fsp3) is 0.333. The molecule has 5 rings (SSSR count). The van der Waals surface area contributed by atoms with Gasteiger partial charge in [0.1, 0.15) is 48.5 Å². The van der Waals surface area contributed by atoms with Gasteiger partial charge in [-0.3, -0.25) is 14.3 Å². The van der Waals surface area contributed by atoms with E-state index < -0.39 is 22.0 Å². The molecule has 18 heteroatoms. The fourth-order valence-corrected chi connectivity index (χ4v) is 6.66. The zero-order chi connectivity index (χ0) is 45.6. The number of esters is 1. The quantitative estimate of drug-likeness (QED) is 0.0295. The monoisotopic (exact) mass is 887 g/mol. The number of Topliss-reactive ketones (excluding diaryl/α,β-unsaturated/α-hetero) is 1. The number of fused-ring (bicyclic) bond motifs is 1. The molecule has 17 nitrogen and oxygen atoms in total. The van der Waals surface area contributed by atoms with Crippen LogP contribution in [0.3, 0.4) is 0 Å². The minimum absolute atomic E-state index is 0.159. The highest BCUT2D eigenvalue weighted by molar-refractivity contribution is 7.92. The lowest BCUT2D eigenvalue weighted by Crippen LogP contribution is -2.22. The van der Waals surface area contributed by atoms with Crippen molar-refractivity contribution in [2.45, 2.75) is 39.5 Å². The van der Waals surface area contributed by atoms with Gasteiger partial charge in [0.15, 0.2) is 11.5 Å². The van der Waals surface area contributed by atoms with Crippen molar-refractivity contribution in [3.05, 3.63) is 90.6 Å². The average Bonchev–Trinajstić information content (AvgIpc) is 3.21. The highest BCUT2D eigenvalue weighted by atomic mass is 32.2. The number of pyridine rings is 1. The summed E-state index contributed by atoms with van der Waals surface area (Å²) in [5.41, 5.74) is 2.02. The minimum Gasteiger partial charge on any atom is -0.497 e. The zero-order valence-electron chi connectivity index (χ0n) is 36.3. The van der Waals surface area contributed by atoms with E-state index in [0.29, 0.717) is 45.6 Å². The maximum Gasteiger partial charge on any atom is 0.323 e. The van der Waals surface area contributed by atoms with Gasteiger partial charge in [0.25, 0.3) is 0 Å². The Hall–Kier alpha value is -6.63. The summed E-state index contributed by atoms with van der Waals surface area (Å²) >= 11 is 0. The van der Waals surface area contributed by atoms with Crippen molar-refractivity contribution < 1.29 is 56.0 Å². The lowest BCUT2D eigenvalue weighted by atomic mass is 9.86. The summed E-state index contributed by atoms with van der Waals surface area (Å²) in [6, 6.07) is 22.6. The Morgan fingerprint density at radius 1 is 0.746 bits per heavy atom. The summed E-state index contributed by atoms with van der Waals surface area (Å²) in [6.45, 7) is 8.52. The zero-order valence-corrected chi connectivity index (χ0v) is 37.1. The number of nitrogens with one attached hydrogen (secondary N) is 4. The molecule has 2 amide bonds. The van der Waals surface area contributed by atoms with Gasteiger partial charge in [-0.1, -0.05) is 45.0 Å². The first-order valence-electron chi connectivity index (χ1n) is 19.9. The summed E-state index contributed by atoms with van der Waals surface area (Å²) in [5.74, 6) is 1.79. The van der Waals surface area contributed by atoms with E-state index in [-0.39, 0.29) is 74.4 Å². The Morgan fingerprint density at radius 2 is 1.44 bits per heavy atom. The first kappa shape index (κ1) is 47.4. The average molecular weight is 888 g/mol. The molecule has 0 aliphatic rings. The van der Waals surface area contributed by atoms with Gasteiger partial charge in [0.05, 0.1) is 64.0 Å². The van der Waals surface area contributed by atoms with Gasteiger partial charge in [-0.2, -0.15) is 0 Å². The van der Waals surface area contributed by atoms with Crippen LogP contribution in [0.25, 0.3) is 10.8 Å². The minimum atomic E-state index is -3.66. The molecular formula is C45H53N5O12S. The Labute approximate surface area is 366 Å². The lowest BCUT2D eigenvalue weighted by Gasteiger charge is -2.24. The van der Waals surface area contributed by atoms with Gasteiger partial charge in [-0.15, -0.1) is 0 Å². The van der Waals surface area contributed by atoms with Crippen LogP contribution in [0.15, 0.2) is 85.1 Å². The second-order valence-electron chi connectivity index (χ2n) is 15.0. The van der Waals surface area contributed by atoms with Gasteiger partial charge in [-0.25, -0.2) is 18.2 Å². The van der Waals surface area contributed by atoms with E-state index >= 15 is 0 Å². The number of hydrogen-bond donors (Lipinski definition) is 4. The van der Waals surface area contributed by atoms with Crippen LogP contribution < -0.4 is 39.6 Å². The Balaban J connectivity index is 1.21. The van der Waals surface area contributed by atoms with Crippen molar-refractivity contribution >= 4 is 67.1 Å². The number of urea groups is 1. The third-order valence-corrected chi connectivity index (χ3v) is 9.55. The number of carbonyl (C=O) groups is 3. The summed E-state index contributed by atoms with van der Waals surface area (Å²) in [6.07, 6.45) is 2.33. The third-order valence-electron chi connectivity index (χ3n) is 8.96. The predicted octanol–water partition coefficient (Wildman–Crippen LogP) is 8.04. The summed E-state index contributed by atoms with van der Waals surface area (Å²) in [7, 11) is -0.708. The molecule has 0 aliphatic heterocycles. The van der Waals surface area contributed by atoms with E-state index in [9.17, 15) is 22.8 Å². The molecule has 0 bridgehead atoms. The fourth-order valence-electron chi connectivity index (χ4n) is 6.11. The van der Waals surface area contributed by atoms with Crippen LogP contribution in [-0.4, -0.2) is 91.3 Å². The molecule has 0 unspecified atom stereocenters. The van der Waals surface area contributed by atoms with E-state index in [1.165, 1.54) is 7.11 Å². The van der Waals surface area contributed by atoms with Gasteiger partial charge in [0.2, 0.25) is 10.0 Å². The molecule has 4 N–H and O–H groups in total. The van der Waals surface area contributed by atoms with E-state index in [1.54, 1.807) is 74.8 Å². The molecule has 1 heterocycles. The van der Waals surface area contributed by atoms with Gasteiger partial charge in [-0.05, 0) is 48.2 Å². The summed E-state index contributed by atoms with van der Waals surface area (Å²) in [5, 5.41) is 10.4. The number of ether oxygens (including phenoxy) is 7. The van der Waals surface area contributed by atoms with Gasteiger partial charge in [0, 0.05) is 46.9 Å². The van der Waals surface area contributed by atoms with Crippen molar-refractivity contribution in [3.8, 4) is 28.7 Å². The number of nitrogens with zero attached hydrogens (tertiary/aromatic N) is 1. The van der Waals surface area contributed by atoms with Crippen molar-refractivity contribution in [1.29, 1.82) is 0 Å². The first-order valence-corrected chi connectivity index (χ1v) is 21.8. The third kappa shape index (κ3) is 14.5. The second-order valence-corrected chi connectivity index (χ2v) is 16.7. The Morgan fingerprint density at radius 3 is 2.16 bits per heavy atom. The molecule has 0 aliphatic carbocycles. The van der Waals surface area contributed by atoms with Crippen LogP contribution in [-0.2, 0) is 39.2 Å². The normalized spacial score (nSPS) is 11.3. The molecule has 0 atom stereocenters. The SMILES string of the molecule is CCOC(=O)CC(=O)COCCOCCOc1cc(Nc2cc(Oc3ccc(NC(=O)Nc4cc(C(C)(C)C)cc(NS(C)(=O)=O)c4OC)c4ccccc34)ccn2)cc(OC)c1. The number of methoxy groups -OCH3 is 2. The molecule has 4 aromatic carbocycles. The largest absolute Gasteiger partial charge is 0.497 e. The highest BCUT2D eigenvalue weighted by Gasteiger charge is 2.23. The van der Waals surface area contributed by atoms with Crippen LogP contribution >= 0.6 is 0 Å². The van der Waals surface area contributed by atoms with Crippen LogP contribution in [0.2, 0.25) is 0 Å². The number of amides is 2. The maximum absolute atomic E-state index is 13.5. The van der Waals surface area contributed by atoms with Crippen LogP contribution in [0.5, 0.6) is 28.7 Å². The molecule has 0 saturated carbocycles. The number of sulfonamides is 1. The molecule has 0 saturated heterocycles. The number of aromatic nitrogens is 1. The maximum atomic E-state index is 13.5. The molecule has 0 radical (unpaired) electrons. The molecule has 0 spiro atoms. The Bertz CT molecular complexity index is 2510. The van der Waals surface area contributed by atoms with Crippen molar-refractivity contribution in [2.24, 2.45) is 0 Å². The molecular weight excluding hydrogens is 835 g/mol. The highest BCUT2D eigenvalue weighted by Crippen LogP contribution is 2.40. The predicted molar refractivity (Wildman–Crippen MR) is 241 cm³/mol. The smallest absolute Gasteiger partial charge is 0.323 e. The number of benzene rings is 4. The number of ketones is 1. The Kier molecular flexibility index (Phi) is 16.5. The molecule has 63 heavy (non-hydrogen) atoms. The molecule has 1 aromatic heterocycles. The van der Waals surface area contributed by atoms with Crippen LogP contribution in [0.4, 0.5) is 33.4 Å². The van der Waals surface area contributed by atoms with Gasteiger partial charge < -0.3 is 49.1 Å². The van der Waals surface area contributed by atoms with E-state index in [0.717, 1.165) is 17.2 Å². The van der Waals surface area contributed by atoms with Crippen molar-refractivity contribution in [2.75, 3.05) is 80.8 Å². The topological polar surface area (TPSA) is 211 Å². The number of anilines is 5. The molecule has 336 valence electrons.